The average Bonchev–Trinajstić information content (AvgIpc) is 2.48. The molecule has 5 heteroatoms. The van der Waals surface area contributed by atoms with E-state index in [2.05, 4.69) is 23.8 Å². The summed E-state index contributed by atoms with van der Waals surface area (Å²) >= 11 is 5.89. The van der Waals surface area contributed by atoms with Crippen LogP contribution in [0.2, 0.25) is 5.15 Å². The Balaban J connectivity index is 2.74. The Bertz CT molecular complexity index is 475. The predicted octanol–water partition coefficient (Wildman–Crippen LogP) is 2.09. The normalized spacial score (nSPS) is 11.4. The molecule has 0 unspecified atom stereocenters. The Hall–Kier alpha value is -1.29. The SMILES string of the molecule is CC(C)c1cc(N)n2c(Cl)cnc2n1. The standard InChI is InChI=1S/C9H11ClN4/c1-5(2)6-3-8(11)14-7(10)4-12-9(14)13-6/h3-5H,11H2,1-2H3. The highest BCUT2D eigenvalue weighted by molar-refractivity contribution is 6.29. The molecule has 0 aliphatic heterocycles. The minimum atomic E-state index is 0.331. The summed E-state index contributed by atoms with van der Waals surface area (Å²) in [6, 6.07) is 1.82. The van der Waals surface area contributed by atoms with Gasteiger partial charge in [-0.2, -0.15) is 0 Å². The van der Waals surface area contributed by atoms with Gasteiger partial charge in [-0.3, -0.25) is 4.40 Å². The summed E-state index contributed by atoms with van der Waals surface area (Å²) in [5.41, 5.74) is 6.77. The zero-order chi connectivity index (χ0) is 10.3. The molecular weight excluding hydrogens is 200 g/mol. The molecule has 0 saturated heterocycles. The Kier molecular flexibility index (Phi) is 2.07. The molecule has 14 heavy (non-hydrogen) atoms. The average molecular weight is 211 g/mol. The van der Waals surface area contributed by atoms with E-state index in [4.69, 9.17) is 17.3 Å². The molecule has 2 heterocycles. The van der Waals surface area contributed by atoms with Gasteiger partial charge >= 0.3 is 0 Å². The van der Waals surface area contributed by atoms with Crippen LogP contribution < -0.4 is 5.73 Å². The second kappa shape index (κ2) is 3.13. The number of nitrogens with zero attached hydrogens (tertiary/aromatic N) is 3. The first-order chi connectivity index (χ1) is 6.59. The molecule has 2 N–H and O–H groups in total. The first-order valence-corrected chi connectivity index (χ1v) is 4.76. The van der Waals surface area contributed by atoms with Gasteiger partial charge in [0.2, 0.25) is 5.78 Å². The summed E-state index contributed by atoms with van der Waals surface area (Å²) in [4.78, 5) is 8.41. The van der Waals surface area contributed by atoms with Crippen LogP contribution in [0.1, 0.15) is 25.5 Å². The van der Waals surface area contributed by atoms with Crippen LogP contribution in [0, 0.1) is 0 Å². The van der Waals surface area contributed by atoms with E-state index in [-0.39, 0.29) is 0 Å². The maximum Gasteiger partial charge on any atom is 0.236 e. The molecule has 0 aliphatic rings. The number of halogens is 1. The molecule has 2 aromatic heterocycles. The van der Waals surface area contributed by atoms with E-state index in [1.54, 1.807) is 10.6 Å². The molecule has 4 nitrogen and oxygen atoms in total. The van der Waals surface area contributed by atoms with Crippen LogP contribution in [0.3, 0.4) is 0 Å². The molecule has 0 amide bonds. The highest BCUT2D eigenvalue weighted by Crippen LogP contribution is 2.20. The van der Waals surface area contributed by atoms with Gasteiger partial charge in [0, 0.05) is 6.07 Å². The van der Waals surface area contributed by atoms with E-state index in [9.17, 15) is 0 Å². The smallest absolute Gasteiger partial charge is 0.236 e. The van der Waals surface area contributed by atoms with Crippen molar-refractivity contribution in [3.8, 4) is 0 Å². The number of hydrogen-bond acceptors (Lipinski definition) is 3. The Morgan fingerprint density at radius 3 is 2.86 bits per heavy atom. The monoisotopic (exact) mass is 210 g/mol. The van der Waals surface area contributed by atoms with Gasteiger partial charge in [0.15, 0.2) is 0 Å². The van der Waals surface area contributed by atoms with E-state index in [0.717, 1.165) is 5.69 Å². The van der Waals surface area contributed by atoms with Gasteiger partial charge in [-0.15, -0.1) is 0 Å². The van der Waals surface area contributed by atoms with Crippen LogP contribution in [-0.2, 0) is 0 Å². The third kappa shape index (κ3) is 1.32. The van der Waals surface area contributed by atoms with Crippen LogP contribution >= 0.6 is 11.6 Å². The summed E-state index contributed by atoms with van der Waals surface area (Å²) in [7, 11) is 0. The Morgan fingerprint density at radius 2 is 2.21 bits per heavy atom. The fourth-order valence-corrected chi connectivity index (χ4v) is 1.52. The lowest BCUT2D eigenvalue weighted by molar-refractivity contribution is 0.819. The van der Waals surface area contributed by atoms with E-state index in [1.807, 2.05) is 6.07 Å². The van der Waals surface area contributed by atoms with Crippen LogP contribution in [0.25, 0.3) is 5.78 Å². The van der Waals surface area contributed by atoms with Crippen molar-refractivity contribution in [2.45, 2.75) is 19.8 Å². The molecule has 0 aliphatic carbocycles. The van der Waals surface area contributed by atoms with Crippen molar-refractivity contribution in [2.75, 3.05) is 5.73 Å². The van der Waals surface area contributed by atoms with E-state index < -0.39 is 0 Å². The molecule has 0 atom stereocenters. The third-order valence-electron chi connectivity index (χ3n) is 2.07. The summed E-state index contributed by atoms with van der Waals surface area (Å²) in [6.07, 6.45) is 1.55. The lowest BCUT2D eigenvalue weighted by Gasteiger charge is -2.07. The zero-order valence-electron chi connectivity index (χ0n) is 8.03. The van der Waals surface area contributed by atoms with Crippen molar-refractivity contribution in [1.29, 1.82) is 0 Å². The van der Waals surface area contributed by atoms with Crippen molar-refractivity contribution in [3.63, 3.8) is 0 Å². The summed E-state index contributed by atoms with van der Waals surface area (Å²) < 4.78 is 1.62. The fraction of sp³-hybridized carbons (Fsp3) is 0.333. The molecular formula is C9H11ClN4. The lowest BCUT2D eigenvalue weighted by Crippen LogP contribution is -2.03. The van der Waals surface area contributed by atoms with Crippen molar-refractivity contribution >= 4 is 23.2 Å². The maximum absolute atomic E-state index is 5.89. The number of hydrogen-bond donors (Lipinski definition) is 1. The first-order valence-electron chi connectivity index (χ1n) is 4.39. The molecule has 2 rings (SSSR count). The lowest BCUT2D eigenvalue weighted by atomic mass is 10.1. The molecule has 0 aromatic carbocycles. The van der Waals surface area contributed by atoms with E-state index in [0.29, 0.717) is 22.7 Å². The van der Waals surface area contributed by atoms with Gasteiger partial charge < -0.3 is 5.73 Å². The van der Waals surface area contributed by atoms with Crippen molar-refractivity contribution < 1.29 is 0 Å². The number of rotatable bonds is 1. The van der Waals surface area contributed by atoms with Crippen LogP contribution in [0.4, 0.5) is 5.82 Å². The number of nitrogen functional groups attached to an aromatic ring is 1. The quantitative estimate of drug-likeness (QED) is 0.784. The summed E-state index contributed by atoms with van der Waals surface area (Å²) in [5.74, 6) is 1.46. The number of anilines is 1. The summed E-state index contributed by atoms with van der Waals surface area (Å²) in [6.45, 7) is 4.12. The molecule has 74 valence electrons. The first kappa shape index (κ1) is 9.27. The van der Waals surface area contributed by atoms with Crippen molar-refractivity contribution in [3.05, 3.63) is 23.1 Å². The number of nitrogens with two attached hydrogens (primary N) is 1. The molecule has 0 bridgehead atoms. The zero-order valence-corrected chi connectivity index (χ0v) is 8.78. The Morgan fingerprint density at radius 1 is 1.50 bits per heavy atom. The van der Waals surface area contributed by atoms with Crippen LogP contribution in [-0.4, -0.2) is 14.4 Å². The fourth-order valence-electron chi connectivity index (χ4n) is 1.30. The second-order valence-corrected chi connectivity index (χ2v) is 3.86. The molecule has 0 spiro atoms. The molecule has 0 radical (unpaired) electrons. The van der Waals surface area contributed by atoms with Gasteiger partial charge in [0.25, 0.3) is 0 Å². The van der Waals surface area contributed by atoms with E-state index >= 15 is 0 Å². The molecule has 0 fully saturated rings. The molecule has 0 saturated carbocycles. The van der Waals surface area contributed by atoms with E-state index in [1.165, 1.54) is 0 Å². The summed E-state index contributed by atoms with van der Waals surface area (Å²) in [5, 5.41) is 0.486. The number of imidazole rings is 1. The van der Waals surface area contributed by atoms with Gasteiger partial charge in [-0.05, 0) is 5.92 Å². The van der Waals surface area contributed by atoms with Crippen LogP contribution in [0.15, 0.2) is 12.3 Å². The maximum atomic E-state index is 5.89. The van der Waals surface area contributed by atoms with Gasteiger partial charge in [-0.1, -0.05) is 25.4 Å². The largest absolute Gasteiger partial charge is 0.385 e. The highest BCUT2D eigenvalue weighted by Gasteiger charge is 2.09. The molecule has 2 aromatic rings. The van der Waals surface area contributed by atoms with Gasteiger partial charge in [-0.25, -0.2) is 9.97 Å². The highest BCUT2D eigenvalue weighted by atomic mass is 35.5. The predicted molar refractivity (Wildman–Crippen MR) is 56.5 cm³/mol. The van der Waals surface area contributed by atoms with Crippen LogP contribution in [0.5, 0.6) is 0 Å². The minimum Gasteiger partial charge on any atom is -0.385 e. The third-order valence-corrected chi connectivity index (χ3v) is 2.34. The van der Waals surface area contributed by atoms with Crippen molar-refractivity contribution in [1.82, 2.24) is 14.4 Å². The van der Waals surface area contributed by atoms with Crippen molar-refractivity contribution in [2.24, 2.45) is 0 Å². The topological polar surface area (TPSA) is 56.2 Å². The minimum absolute atomic E-state index is 0.331. The number of fused-ring (bicyclic) bond motifs is 1. The van der Waals surface area contributed by atoms with Gasteiger partial charge in [0.1, 0.15) is 11.0 Å². The second-order valence-electron chi connectivity index (χ2n) is 3.48. The number of aromatic nitrogens is 3. The van der Waals surface area contributed by atoms with Gasteiger partial charge in [0.05, 0.1) is 11.9 Å². The Labute approximate surface area is 86.7 Å².